The lowest BCUT2D eigenvalue weighted by Gasteiger charge is -2.29. The van der Waals surface area contributed by atoms with E-state index < -0.39 is 17.3 Å². The summed E-state index contributed by atoms with van der Waals surface area (Å²) in [5.74, 6) is -0.324. The van der Waals surface area contributed by atoms with Crippen LogP contribution < -0.4 is 0 Å². The third-order valence-electron chi connectivity index (χ3n) is 4.39. The number of nitrogens with one attached hydrogen (secondary N) is 1. The molecule has 8 heteroatoms. The van der Waals surface area contributed by atoms with Gasteiger partial charge in [0.2, 0.25) is 0 Å². The van der Waals surface area contributed by atoms with Gasteiger partial charge in [-0.2, -0.15) is 28.6 Å². The number of hydrogen-bond donors (Lipinski definition) is 2. The number of fused-ring (bicyclic) bond motifs is 1. The molecule has 0 aliphatic carbocycles. The van der Waals surface area contributed by atoms with Crippen LogP contribution in [0.25, 0.3) is 10.9 Å². The third kappa shape index (κ3) is 2.76. The van der Waals surface area contributed by atoms with E-state index in [2.05, 4.69) is 20.4 Å². The first kappa shape index (κ1) is 17.3. The maximum absolute atomic E-state index is 13.4. The summed E-state index contributed by atoms with van der Waals surface area (Å²) in [5.41, 5.74) is -1.50. The summed E-state index contributed by atoms with van der Waals surface area (Å²) in [6.07, 6.45) is -3.10. The number of pyridine rings is 1. The number of hydrogen-bond acceptors (Lipinski definition) is 4. The van der Waals surface area contributed by atoms with Crippen LogP contribution in [0, 0.1) is 12.8 Å². The molecule has 2 aromatic heterocycles. The van der Waals surface area contributed by atoms with Crippen molar-refractivity contribution in [1.82, 2.24) is 20.4 Å². The van der Waals surface area contributed by atoms with Gasteiger partial charge in [-0.05, 0) is 30.5 Å². The van der Waals surface area contributed by atoms with Crippen LogP contribution in [0.3, 0.4) is 0 Å². The van der Waals surface area contributed by atoms with Gasteiger partial charge in [0.25, 0.3) is 0 Å². The molecular formula is C17H17F3N4O. The predicted molar refractivity (Wildman–Crippen MR) is 85.7 cm³/mol. The van der Waals surface area contributed by atoms with Crippen molar-refractivity contribution in [3.8, 4) is 0 Å². The van der Waals surface area contributed by atoms with E-state index in [1.165, 1.54) is 37.4 Å². The first-order chi connectivity index (χ1) is 11.7. The molecule has 1 aromatic carbocycles. The summed E-state index contributed by atoms with van der Waals surface area (Å²) in [7, 11) is 0. The molecule has 25 heavy (non-hydrogen) atoms. The van der Waals surface area contributed by atoms with E-state index in [0.717, 1.165) is 0 Å². The lowest BCUT2D eigenvalue weighted by molar-refractivity contribution is -0.136. The molecule has 1 atom stereocenters. The Morgan fingerprint density at radius 3 is 2.36 bits per heavy atom. The molecule has 132 valence electrons. The molecular weight excluding hydrogens is 333 g/mol. The Bertz CT molecular complexity index is 906. The molecule has 0 radical (unpaired) electrons. The van der Waals surface area contributed by atoms with Crippen molar-refractivity contribution in [2.45, 2.75) is 32.5 Å². The van der Waals surface area contributed by atoms with Crippen molar-refractivity contribution in [3.05, 3.63) is 53.0 Å². The Morgan fingerprint density at radius 1 is 1.08 bits per heavy atom. The van der Waals surface area contributed by atoms with Crippen LogP contribution >= 0.6 is 0 Å². The molecule has 0 aliphatic rings. The summed E-state index contributed by atoms with van der Waals surface area (Å²) in [6, 6.07) is 5.66. The third-order valence-corrected chi connectivity index (χ3v) is 4.39. The summed E-state index contributed by atoms with van der Waals surface area (Å²) in [5, 5.41) is 21.2. The first-order valence-electron chi connectivity index (χ1n) is 7.72. The zero-order valence-electron chi connectivity index (χ0n) is 13.9. The lowest BCUT2D eigenvalue weighted by Crippen LogP contribution is -2.35. The number of aryl methyl sites for hydroxylation is 1. The van der Waals surface area contributed by atoms with E-state index in [1.54, 1.807) is 13.8 Å². The standard InChI is InChI=1S/C17H17F3N4O/c1-9(2)16(25,14-8-21-24-23-14)13-7-5-11-12(22-13)6-4-10(3)15(11)17(18,19)20/h4-9,25H,1-3H3,(H,21,23,24). The van der Waals surface area contributed by atoms with Gasteiger partial charge in [-0.1, -0.05) is 26.0 Å². The largest absolute Gasteiger partial charge is 0.417 e. The maximum atomic E-state index is 13.4. The number of rotatable bonds is 3. The molecule has 1 unspecified atom stereocenters. The number of aromatic nitrogens is 4. The SMILES string of the molecule is Cc1ccc2nc(C(O)(c3cn[nH]n3)C(C)C)ccc2c1C(F)(F)F. The van der Waals surface area contributed by atoms with Crippen molar-refractivity contribution < 1.29 is 18.3 Å². The summed E-state index contributed by atoms with van der Waals surface area (Å²) in [4.78, 5) is 4.31. The molecule has 0 fully saturated rings. The van der Waals surface area contributed by atoms with E-state index in [-0.39, 0.29) is 33.8 Å². The van der Waals surface area contributed by atoms with E-state index in [1.807, 2.05) is 0 Å². The summed E-state index contributed by atoms with van der Waals surface area (Å²) < 4.78 is 40.1. The quantitative estimate of drug-likeness (QED) is 0.757. The first-order valence-corrected chi connectivity index (χ1v) is 7.72. The second kappa shape index (κ2) is 5.80. The monoisotopic (exact) mass is 350 g/mol. The number of aromatic amines is 1. The van der Waals surface area contributed by atoms with Crippen LogP contribution in [0.5, 0.6) is 0 Å². The van der Waals surface area contributed by atoms with Crippen LogP contribution in [0.15, 0.2) is 30.5 Å². The molecule has 2 heterocycles. The highest BCUT2D eigenvalue weighted by Crippen LogP contribution is 2.39. The molecule has 0 saturated heterocycles. The minimum Gasteiger partial charge on any atom is -0.377 e. The average Bonchev–Trinajstić information content (AvgIpc) is 3.06. The number of alkyl halides is 3. The predicted octanol–water partition coefficient (Wildman–Crippen LogP) is 3.57. The van der Waals surface area contributed by atoms with Crippen molar-refractivity contribution in [3.63, 3.8) is 0 Å². The number of H-pyrrole nitrogens is 1. The van der Waals surface area contributed by atoms with Gasteiger partial charge in [0, 0.05) is 5.39 Å². The van der Waals surface area contributed by atoms with Gasteiger partial charge >= 0.3 is 6.18 Å². The van der Waals surface area contributed by atoms with Crippen molar-refractivity contribution in [1.29, 1.82) is 0 Å². The summed E-state index contributed by atoms with van der Waals surface area (Å²) in [6.45, 7) is 4.96. The van der Waals surface area contributed by atoms with E-state index in [9.17, 15) is 18.3 Å². The van der Waals surface area contributed by atoms with Crippen LogP contribution in [-0.4, -0.2) is 25.5 Å². The normalized spacial score (nSPS) is 14.9. The molecule has 0 aliphatic heterocycles. The number of benzene rings is 1. The highest BCUT2D eigenvalue weighted by atomic mass is 19.4. The van der Waals surface area contributed by atoms with Gasteiger partial charge in [0.15, 0.2) is 5.60 Å². The van der Waals surface area contributed by atoms with Gasteiger partial charge in [-0.15, -0.1) is 0 Å². The van der Waals surface area contributed by atoms with Crippen LogP contribution in [0.4, 0.5) is 13.2 Å². The second-order valence-corrected chi connectivity index (χ2v) is 6.29. The van der Waals surface area contributed by atoms with E-state index in [0.29, 0.717) is 0 Å². The molecule has 0 saturated carbocycles. The van der Waals surface area contributed by atoms with Crippen molar-refractivity contribution >= 4 is 10.9 Å². The Morgan fingerprint density at radius 2 is 1.80 bits per heavy atom. The fraction of sp³-hybridized carbons (Fsp3) is 0.353. The number of nitrogens with zero attached hydrogens (tertiary/aromatic N) is 3. The zero-order valence-corrected chi connectivity index (χ0v) is 13.9. The van der Waals surface area contributed by atoms with E-state index >= 15 is 0 Å². The highest BCUT2D eigenvalue weighted by molar-refractivity contribution is 5.84. The van der Waals surface area contributed by atoms with Crippen LogP contribution in [0.1, 0.15) is 36.4 Å². The molecule has 5 nitrogen and oxygen atoms in total. The van der Waals surface area contributed by atoms with Crippen LogP contribution in [0.2, 0.25) is 0 Å². The minimum absolute atomic E-state index is 0.00232. The van der Waals surface area contributed by atoms with Gasteiger partial charge < -0.3 is 5.11 Å². The smallest absolute Gasteiger partial charge is 0.377 e. The molecule has 3 rings (SSSR count). The topological polar surface area (TPSA) is 74.7 Å². The highest BCUT2D eigenvalue weighted by Gasteiger charge is 2.40. The molecule has 2 N–H and O–H groups in total. The van der Waals surface area contributed by atoms with Gasteiger partial charge in [-0.25, -0.2) is 4.98 Å². The maximum Gasteiger partial charge on any atom is 0.417 e. The minimum atomic E-state index is -4.48. The molecule has 3 aromatic rings. The van der Waals surface area contributed by atoms with Gasteiger partial charge in [-0.3, -0.25) is 0 Å². The van der Waals surface area contributed by atoms with Gasteiger partial charge in [0.1, 0.15) is 5.69 Å². The number of aliphatic hydroxyl groups is 1. The Kier molecular flexibility index (Phi) is 4.03. The Labute approximate surface area is 141 Å². The molecule has 0 bridgehead atoms. The lowest BCUT2D eigenvalue weighted by atomic mass is 9.83. The number of halogens is 3. The fourth-order valence-electron chi connectivity index (χ4n) is 3.01. The average molecular weight is 350 g/mol. The Balaban J connectivity index is 2.25. The second-order valence-electron chi connectivity index (χ2n) is 6.29. The van der Waals surface area contributed by atoms with Crippen LogP contribution in [-0.2, 0) is 11.8 Å². The Hall–Kier alpha value is -2.48. The summed E-state index contributed by atoms with van der Waals surface area (Å²) >= 11 is 0. The van der Waals surface area contributed by atoms with Crippen molar-refractivity contribution in [2.24, 2.45) is 5.92 Å². The zero-order chi connectivity index (χ0) is 18.4. The fourth-order valence-corrected chi connectivity index (χ4v) is 3.01. The van der Waals surface area contributed by atoms with Gasteiger partial charge in [0.05, 0.1) is 23.0 Å². The van der Waals surface area contributed by atoms with E-state index in [4.69, 9.17) is 0 Å². The molecule has 0 spiro atoms. The van der Waals surface area contributed by atoms with Crippen molar-refractivity contribution in [2.75, 3.05) is 0 Å². The molecule has 0 amide bonds.